The predicted molar refractivity (Wildman–Crippen MR) is 76.5 cm³/mol. The van der Waals surface area contributed by atoms with Gasteiger partial charge >= 0.3 is 0 Å². The molecule has 20 heavy (non-hydrogen) atoms. The standard InChI is InChI=1S/C16H19NO3/c18-14-2-1-8-17(11-14)16(19)6-4-12-3-5-15-13(10-12)7-9-20-15/h3-6,10,14,18H,1-2,7-9,11H2/b6-4-/t14-/m1/s1. The van der Waals surface area contributed by atoms with Gasteiger partial charge in [-0.3, -0.25) is 4.79 Å². The second kappa shape index (κ2) is 5.67. The van der Waals surface area contributed by atoms with Crippen molar-refractivity contribution in [3.05, 3.63) is 35.4 Å². The van der Waals surface area contributed by atoms with Crippen LogP contribution in [-0.4, -0.2) is 41.7 Å². The maximum Gasteiger partial charge on any atom is 0.246 e. The van der Waals surface area contributed by atoms with Gasteiger partial charge in [-0.15, -0.1) is 0 Å². The monoisotopic (exact) mass is 273 g/mol. The molecule has 0 saturated carbocycles. The Kier molecular flexibility index (Phi) is 3.74. The van der Waals surface area contributed by atoms with Crippen LogP contribution >= 0.6 is 0 Å². The molecule has 1 atom stereocenters. The van der Waals surface area contributed by atoms with Crippen molar-refractivity contribution in [2.24, 2.45) is 0 Å². The Morgan fingerprint density at radius 2 is 2.35 bits per heavy atom. The Labute approximate surface area is 118 Å². The normalized spacial score (nSPS) is 21.9. The van der Waals surface area contributed by atoms with Crippen molar-refractivity contribution in [2.75, 3.05) is 19.7 Å². The minimum atomic E-state index is -0.377. The van der Waals surface area contributed by atoms with Crippen molar-refractivity contribution in [2.45, 2.75) is 25.4 Å². The van der Waals surface area contributed by atoms with Gasteiger partial charge in [0.15, 0.2) is 0 Å². The minimum absolute atomic E-state index is 0.0273. The van der Waals surface area contributed by atoms with Crippen LogP contribution in [0.4, 0.5) is 0 Å². The number of carbonyl (C=O) groups is 1. The summed E-state index contributed by atoms with van der Waals surface area (Å²) in [5.74, 6) is 0.924. The number of hydrogen-bond acceptors (Lipinski definition) is 3. The molecular formula is C16H19NO3. The molecule has 0 aromatic heterocycles. The Hall–Kier alpha value is -1.81. The molecule has 1 N–H and O–H groups in total. The first kappa shape index (κ1) is 13.2. The molecule has 1 aromatic rings. The van der Waals surface area contributed by atoms with Gasteiger partial charge in [0.25, 0.3) is 0 Å². The molecule has 2 aliphatic heterocycles. The highest BCUT2D eigenvalue weighted by atomic mass is 16.5. The summed E-state index contributed by atoms with van der Waals surface area (Å²) in [5, 5.41) is 9.59. The third kappa shape index (κ3) is 2.85. The summed E-state index contributed by atoms with van der Waals surface area (Å²) in [6.07, 6.45) is 5.65. The van der Waals surface area contributed by atoms with Gasteiger partial charge in [0.2, 0.25) is 5.91 Å². The molecule has 4 heteroatoms. The van der Waals surface area contributed by atoms with E-state index < -0.39 is 0 Å². The van der Waals surface area contributed by atoms with Gasteiger partial charge in [-0.1, -0.05) is 6.07 Å². The van der Waals surface area contributed by atoms with E-state index in [1.54, 1.807) is 11.0 Å². The average molecular weight is 273 g/mol. The molecule has 2 aliphatic rings. The molecule has 2 heterocycles. The summed E-state index contributed by atoms with van der Waals surface area (Å²) in [7, 11) is 0. The summed E-state index contributed by atoms with van der Waals surface area (Å²) in [6, 6.07) is 5.98. The zero-order valence-corrected chi connectivity index (χ0v) is 11.4. The van der Waals surface area contributed by atoms with Crippen molar-refractivity contribution in [3.8, 4) is 5.75 Å². The number of nitrogens with zero attached hydrogens (tertiary/aromatic N) is 1. The van der Waals surface area contributed by atoms with E-state index in [0.29, 0.717) is 6.54 Å². The van der Waals surface area contributed by atoms with Crippen LogP contribution in [0.3, 0.4) is 0 Å². The number of benzene rings is 1. The van der Waals surface area contributed by atoms with E-state index in [1.165, 1.54) is 5.56 Å². The van der Waals surface area contributed by atoms with E-state index >= 15 is 0 Å². The lowest BCUT2D eigenvalue weighted by molar-refractivity contribution is -0.128. The fourth-order valence-corrected chi connectivity index (χ4v) is 2.74. The fourth-order valence-electron chi connectivity index (χ4n) is 2.74. The number of amides is 1. The fraction of sp³-hybridized carbons (Fsp3) is 0.438. The van der Waals surface area contributed by atoms with Crippen LogP contribution in [0.2, 0.25) is 0 Å². The molecule has 0 unspecified atom stereocenters. The topological polar surface area (TPSA) is 49.8 Å². The van der Waals surface area contributed by atoms with Crippen LogP contribution in [0.5, 0.6) is 5.75 Å². The number of aliphatic hydroxyl groups is 1. The predicted octanol–water partition coefficient (Wildman–Crippen LogP) is 1.62. The molecule has 3 rings (SSSR count). The number of β-amino-alcohol motifs (C(OH)–C–C–N with tert-alkyl or cyclic N) is 1. The lowest BCUT2D eigenvalue weighted by Crippen LogP contribution is -2.41. The zero-order valence-electron chi connectivity index (χ0n) is 11.4. The van der Waals surface area contributed by atoms with Crippen molar-refractivity contribution >= 4 is 12.0 Å². The molecule has 0 spiro atoms. The molecule has 1 fully saturated rings. The largest absolute Gasteiger partial charge is 0.493 e. The Morgan fingerprint density at radius 1 is 1.45 bits per heavy atom. The van der Waals surface area contributed by atoms with Crippen LogP contribution in [-0.2, 0) is 11.2 Å². The van der Waals surface area contributed by atoms with Crippen LogP contribution in [0.15, 0.2) is 24.3 Å². The van der Waals surface area contributed by atoms with Gasteiger partial charge < -0.3 is 14.7 Å². The molecule has 1 saturated heterocycles. The number of hydrogen-bond donors (Lipinski definition) is 1. The van der Waals surface area contributed by atoms with E-state index in [0.717, 1.165) is 43.7 Å². The number of aliphatic hydroxyl groups excluding tert-OH is 1. The number of fused-ring (bicyclic) bond motifs is 1. The number of carbonyl (C=O) groups excluding carboxylic acids is 1. The zero-order chi connectivity index (χ0) is 13.9. The second-order valence-corrected chi connectivity index (χ2v) is 5.38. The van der Waals surface area contributed by atoms with Gasteiger partial charge in [0.1, 0.15) is 5.75 Å². The van der Waals surface area contributed by atoms with Gasteiger partial charge in [-0.05, 0) is 42.2 Å². The van der Waals surface area contributed by atoms with E-state index in [2.05, 4.69) is 6.07 Å². The first-order chi connectivity index (χ1) is 9.72. The summed E-state index contributed by atoms with van der Waals surface area (Å²) in [5.41, 5.74) is 2.22. The van der Waals surface area contributed by atoms with Crippen LogP contribution in [0.1, 0.15) is 24.0 Å². The average Bonchev–Trinajstić information content (AvgIpc) is 2.92. The van der Waals surface area contributed by atoms with Crippen molar-refractivity contribution < 1.29 is 14.6 Å². The van der Waals surface area contributed by atoms with Gasteiger partial charge in [-0.25, -0.2) is 0 Å². The summed E-state index contributed by atoms with van der Waals surface area (Å²) >= 11 is 0. The molecule has 1 aromatic carbocycles. The Bertz CT molecular complexity index is 539. The number of piperidine rings is 1. The minimum Gasteiger partial charge on any atom is -0.493 e. The Balaban J connectivity index is 1.66. The third-order valence-electron chi connectivity index (χ3n) is 3.84. The van der Waals surface area contributed by atoms with Gasteiger partial charge in [-0.2, -0.15) is 0 Å². The van der Waals surface area contributed by atoms with Crippen LogP contribution in [0, 0.1) is 0 Å². The third-order valence-corrected chi connectivity index (χ3v) is 3.84. The van der Waals surface area contributed by atoms with Gasteiger partial charge in [0, 0.05) is 25.6 Å². The molecule has 0 bridgehead atoms. The van der Waals surface area contributed by atoms with Crippen LogP contribution < -0.4 is 4.74 Å². The number of rotatable bonds is 2. The molecule has 1 amide bonds. The quantitative estimate of drug-likeness (QED) is 0.833. The SMILES string of the molecule is O=C(/C=C\c1ccc2c(c1)CCO2)N1CCC[C@@H](O)C1. The van der Waals surface area contributed by atoms with E-state index in [1.807, 2.05) is 18.2 Å². The van der Waals surface area contributed by atoms with Crippen molar-refractivity contribution in [3.63, 3.8) is 0 Å². The highest BCUT2D eigenvalue weighted by molar-refractivity contribution is 5.91. The van der Waals surface area contributed by atoms with Crippen molar-refractivity contribution in [1.29, 1.82) is 0 Å². The maximum absolute atomic E-state index is 12.1. The highest BCUT2D eigenvalue weighted by Gasteiger charge is 2.20. The summed E-state index contributed by atoms with van der Waals surface area (Å²) in [4.78, 5) is 13.8. The van der Waals surface area contributed by atoms with E-state index in [4.69, 9.17) is 4.74 Å². The maximum atomic E-state index is 12.1. The smallest absolute Gasteiger partial charge is 0.246 e. The number of likely N-dealkylation sites (tertiary alicyclic amines) is 1. The first-order valence-electron chi connectivity index (χ1n) is 7.13. The highest BCUT2D eigenvalue weighted by Crippen LogP contribution is 2.26. The van der Waals surface area contributed by atoms with E-state index in [9.17, 15) is 9.90 Å². The molecule has 106 valence electrons. The summed E-state index contributed by atoms with van der Waals surface area (Å²) < 4.78 is 5.46. The lowest BCUT2D eigenvalue weighted by Gasteiger charge is -2.29. The number of ether oxygens (including phenoxy) is 1. The lowest BCUT2D eigenvalue weighted by atomic mass is 10.1. The molecular weight excluding hydrogens is 254 g/mol. The summed E-state index contributed by atoms with van der Waals surface area (Å²) in [6.45, 7) is 1.92. The molecule has 4 nitrogen and oxygen atoms in total. The second-order valence-electron chi connectivity index (χ2n) is 5.38. The van der Waals surface area contributed by atoms with Crippen LogP contribution in [0.25, 0.3) is 6.08 Å². The van der Waals surface area contributed by atoms with E-state index in [-0.39, 0.29) is 12.0 Å². The molecule has 0 radical (unpaired) electrons. The van der Waals surface area contributed by atoms with Gasteiger partial charge in [0.05, 0.1) is 12.7 Å². The first-order valence-corrected chi connectivity index (χ1v) is 7.13. The Morgan fingerprint density at radius 3 is 3.20 bits per heavy atom. The van der Waals surface area contributed by atoms with Crippen molar-refractivity contribution in [1.82, 2.24) is 4.90 Å². The molecule has 0 aliphatic carbocycles.